The zero-order valence-corrected chi connectivity index (χ0v) is 5.28. The molecule has 0 bridgehead atoms. The van der Waals surface area contributed by atoms with Crippen LogP contribution in [-0.4, -0.2) is 0 Å². The van der Waals surface area contributed by atoms with E-state index in [0.717, 1.165) is 6.42 Å². The SMILES string of the molecule is CCC[CH]/C=C\Cl. The third-order valence-corrected chi connectivity index (χ3v) is 0.810. The lowest BCUT2D eigenvalue weighted by Crippen LogP contribution is -1.64. The highest BCUT2D eigenvalue weighted by atomic mass is 35.5. The van der Waals surface area contributed by atoms with Gasteiger partial charge in [0.2, 0.25) is 0 Å². The van der Waals surface area contributed by atoms with Gasteiger partial charge in [-0.25, -0.2) is 0 Å². The highest BCUT2D eigenvalue weighted by Crippen LogP contribution is 1.93. The Kier molecular flexibility index (Phi) is 6.06. The molecule has 0 aliphatic carbocycles. The number of rotatable bonds is 3. The molecule has 1 radical (unpaired) electrons. The summed E-state index contributed by atoms with van der Waals surface area (Å²) in [7, 11) is 0. The molecule has 0 spiro atoms. The maximum absolute atomic E-state index is 5.23. The van der Waals surface area contributed by atoms with Gasteiger partial charge in [0.25, 0.3) is 0 Å². The van der Waals surface area contributed by atoms with Crippen molar-refractivity contribution in [2.75, 3.05) is 0 Å². The van der Waals surface area contributed by atoms with E-state index < -0.39 is 0 Å². The first-order valence-electron chi connectivity index (χ1n) is 2.50. The molecule has 0 aromatic rings. The van der Waals surface area contributed by atoms with E-state index in [1.54, 1.807) is 0 Å². The van der Waals surface area contributed by atoms with Gasteiger partial charge in [0, 0.05) is 5.54 Å². The summed E-state index contributed by atoms with van der Waals surface area (Å²) in [6.45, 7) is 2.14. The van der Waals surface area contributed by atoms with Crippen LogP contribution >= 0.6 is 11.6 Å². The number of hydrogen-bond acceptors (Lipinski definition) is 0. The van der Waals surface area contributed by atoms with Crippen molar-refractivity contribution in [1.29, 1.82) is 0 Å². The van der Waals surface area contributed by atoms with Crippen molar-refractivity contribution in [3.8, 4) is 0 Å². The van der Waals surface area contributed by atoms with Crippen molar-refractivity contribution in [3.63, 3.8) is 0 Å². The Labute approximate surface area is 50.2 Å². The molecule has 0 aliphatic rings. The minimum atomic E-state index is 1.13. The van der Waals surface area contributed by atoms with Crippen LogP contribution in [0.3, 0.4) is 0 Å². The molecule has 7 heavy (non-hydrogen) atoms. The van der Waals surface area contributed by atoms with Crippen LogP contribution in [-0.2, 0) is 0 Å². The summed E-state index contributed by atoms with van der Waals surface area (Å²) in [5.41, 5.74) is 1.52. The van der Waals surface area contributed by atoms with Crippen LogP contribution in [0.4, 0.5) is 0 Å². The normalized spacial score (nSPS) is 10.6. The highest BCUT2D eigenvalue weighted by molar-refractivity contribution is 6.25. The molecular weight excluding hydrogens is 108 g/mol. The molecule has 0 aliphatic heterocycles. The lowest BCUT2D eigenvalue weighted by Gasteiger charge is -1.82. The zero-order chi connectivity index (χ0) is 5.54. The van der Waals surface area contributed by atoms with Crippen LogP contribution in [0.25, 0.3) is 0 Å². The first kappa shape index (κ1) is 7.03. The van der Waals surface area contributed by atoms with Crippen molar-refractivity contribution in [1.82, 2.24) is 0 Å². The summed E-state index contributed by atoms with van der Waals surface area (Å²) in [6, 6.07) is 0. The zero-order valence-electron chi connectivity index (χ0n) is 4.52. The lowest BCUT2D eigenvalue weighted by atomic mass is 10.3. The molecule has 0 heterocycles. The van der Waals surface area contributed by atoms with Crippen molar-refractivity contribution < 1.29 is 0 Å². The molecule has 0 fully saturated rings. The average molecular weight is 118 g/mol. The van der Waals surface area contributed by atoms with Crippen molar-refractivity contribution >= 4 is 11.6 Å². The molecule has 0 aromatic carbocycles. The van der Waals surface area contributed by atoms with Gasteiger partial charge < -0.3 is 0 Å². The van der Waals surface area contributed by atoms with E-state index in [0.29, 0.717) is 0 Å². The molecule has 0 amide bonds. The quantitative estimate of drug-likeness (QED) is 0.499. The Balaban J connectivity index is 2.69. The molecule has 0 saturated heterocycles. The molecule has 0 rings (SSSR count). The van der Waals surface area contributed by atoms with Crippen molar-refractivity contribution in [2.45, 2.75) is 19.8 Å². The average Bonchev–Trinajstić information content (AvgIpc) is 1.69. The highest BCUT2D eigenvalue weighted by Gasteiger charge is 1.74. The predicted octanol–water partition coefficient (Wildman–Crippen LogP) is 2.74. The number of unbranched alkanes of at least 4 members (excludes halogenated alkanes) is 2. The second-order valence-electron chi connectivity index (χ2n) is 1.34. The number of halogens is 1. The van der Waals surface area contributed by atoms with Gasteiger partial charge in [0.05, 0.1) is 0 Å². The lowest BCUT2D eigenvalue weighted by molar-refractivity contribution is 0.923. The van der Waals surface area contributed by atoms with Gasteiger partial charge in [-0.2, -0.15) is 0 Å². The molecule has 0 saturated carbocycles. The maximum atomic E-state index is 5.23. The summed E-state index contributed by atoms with van der Waals surface area (Å²) in [5.74, 6) is 0. The van der Waals surface area contributed by atoms with Gasteiger partial charge in [0.1, 0.15) is 0 Å². The van der Waals surface area contributed by atoms with Crippen LogP contribution in [0.1, 0.15) is 19.8 Å². The fourth-order valence-corrected chi connectivity index (χ4v) is 0.417. The van der Waals surface area contributed by atoms with Crippen molar-refractivity contribution in [3.05, 3.63) is 18.0 Å². The Morgan fingerprint density at radius 1 is 1.57 bits per heavy atom. The van der Waals surface area contributed by atoms with Crippen LogP contribution in [0.5, 0.6) is 0 Å². The second-order valence-corrected chi connectivity index (χ2v) is 1.59. The minimum Gasteiger partial charge on any atom is -0.0933 e. The summed E-state index contributed by atoms with van der Waals surface area (Å²) in [5, 5.41) is 0. The summed E-state index contributed by atoms with van der Waals surface area (Å²) in [6.07, 6.45) is 6.22. The first-order chi connectivity index (χ1) is 3.41. The fourth-order valence-electron chi connectivity index (χ4n) is 0.314. The van der Waals surface area contributed by atoms with Gasteiger partial charge in [-0.05, 0) is 12.8 Å². The van der Waals surface area contributed by atoms with Gasteiger partial charge >= 0.3 is 0 Å². The fraction of sp³-hybridized carbons (Fsp3) is 0.500. The number of hydrogen-bond donors (Lipinski definition) is 0. The summed E-state index contributed by atoms with van der Waals surface area (Å²) >= 11 is 5.23. The van der Waals surface area contributed by atoms with E-state index in [1.165, 1.54) is 12.0 Å². The van der Waals surface area contributed by atoms with E-state index in [4.69, 9.17) is 11.6 Å². The van der Waals surface area contributed by atoms with Gasteiger partial charge in [0.15, 0.2) is 0 Å². The van der Waals surface area contributed by atoms with Crippen LogP contribution in [0.2, 0.25) is 0 Å². The van der Waals surface area contributed by atoms with Crippen LogP contribution in [0, 0.1) is 6.42 Å². The van der Waals surface area contributed by atoms with Crippen LogP contribution < -0.4 is 0 Å². The Morgan fingerprint density at radius 2 is 2.29 bits per heavy atom. The number of allylic oxidation sites excluding steroid dienone is 1. The Bertz CT molecular complexity index is 48.1. The topological polar surface area (TPSA) is 0 Å². The first-order valence-corrected chi connectivity index (χ1v) is 2.94. The molecule has 0 unspecified atom stereocenters. The van der Waals surface area contributed by atoms with E-state index >= 15 is 0 Å². The van der Waals surface area contributed by atoms with Gasteiger partial charge in [-0.3, -0.25) is 0 Å². The molecule has 1 heteroatoms. The smallest absolute Gasteiger partial charge is 0.000547 e. The van der Waals surface area contributed by atoms with Crippen LogP contribution in [0.15, 0.2) is 11.6 Å². The van der Waals surface area contributed by atoms with E-state index in [-0.39, 0.29) is 0 Å². The van der Waals surface area contributed by atoms with E-state index in [9.17, 15) is 0 Å². The Morgan fingerprint density at radius 3 is 2.71 bits per heavy atom. The van der Waals surface area contributed by atoms with Gasteiger partial charge in [-0.15, -0.1) is 0 Å². The molecule has 0 aromatic heterocycles. The van der Waals surface area contributed by atoms with Gasteiger partial charge in [-0.1, -0.05) is 31.0 Å². The summed E-state index contributed by atoms with van der Waals surface area (Å²) < 4.78 is 0. The Hall–Kier alpha value is 0.0300. The minimum absolute atomic E-state index is 1.13. The third-order valence-electron chi connectivity index (χ3n) is 0.664. The van der Waals surface area contributed by atoms with E-state index in [2.05, 4.69) is 6.92 Å². The maximum Gasteiger partial charge on any atom is 0.000547 e. The second kappa shape index (κ2) is 6.03. The summed E-state index contributed by atoms with van der Waals surface area (Å²) in [4.78, 5) is 0. The molecule has 0 nitrogen and oxygen atoms in total. The van der Waals surface area contributed by atoms with E-state index in [1.807, 2.05) is 12.5 Å². The molecule has 0 N–H and O–H groups in total. The molecule has 41 valence electrons. The molecule has 0 atom stereocenters. The predicted molar refractivity (Wildman–Crippen MR) is 34.2 cm³/mol. The van der Waals surface area contributed by atoms with Crippen molar-refractivity contribution in [2.24, 2.45) is 0 Å². The largest absolute Gasteiger partial charge is 0.0933 e. The third kappa shape index (κ3) is 6.03. The monoisotopic (exact) mass is 117 g/mol. The molecular formula is C6H10Cl. The standard InChI is InChI=1S/C6H10Cl/c1-2-3-4-5-6-7/h4-6H,2-3H2,1H3/b6-5-.